The van der Waals surface area contributed by atoms with E-state index in [1.807, 2.05) is 13.8 Å². The Labute approximate surface area is 242 Å². The van der Waals surface area contributed by atoms with Gasteiger partial charge in [-0.25, -0.2) is 8.42 Å². The molecular formula is C29H31F3N2O7S. The highest BCUT2D eigenvalue weighted by Crippen LogP contribution is 2.41. The van der Waals surface area contributed by atoms with E-state index in [2.05, 4.69) is 5.32 Å². The minimum absolute atomic E-state index is 0.0852. The first-order chi connectivity index (χ1) is 19.7. The second-order valence-corrected chi connectivity index (χ2v) is 12.0. The van der Waals surface area contributed by atoms with Gasteiger partial charge in [-0.15, -0.1) is 0 Å². The summed E-state index contributed by atoms with van der Waals surface area (Å²) < 4.78 is 90.9. The van der Waals surface area contributed by atoms with Gasteiger partial charge in [0.2, 0.25) is 5.91 Å². The number of nitrogens with one attached hydrogen (secondary N) is 1. The maximum absolute atomic E-state index is 13.9. The molecule has 3 aromatic carbocycles. The molecule has 1 atom stereocenters. The number of sulfonamides is 1. The fourth-order valence-electron chi connectivity index (χ4n) is 4.72. The Balaban J connectivity index is 1.74. The largest absolute Gasteiger partial charge is 0.497 e. The van der Waals surface area contributed by atoms with Crippen molar-refractivity contribution in [1.29, 1.82) is 0 Å². The highest BCUT2D eigenvalue weighted by atomic mass is 32.2. The number of nitrogens with zero attached hydrogens (tertiary/aromatic N) is 1. The van der Waals surface area contributed by atoms with E-state index in [9.17, 15) is 26.4 Å². The SMILES string of the molecule is COc1ccc2c(c1)C(NC(=O)CN(c1cccc(C(F)(F)F)c1)S(=O)(=O)c1ccc(OC)c(OC)c1)CC(C)(C)O2. The van der Waals surface area contributed by atoms with E-state index in [-0.39, 0.29) is 22.1 Å². The van der Waals surface area contributed by atoms with Crippen LogP contribution in [0.1, 0.15) is 37.4 Å². The van der Waals surface area contributed by atoms with E-state index in [1.54, 1.807) is 18.2 Å². The molecule has 0 bridgehead atoms. The van der Waals surface area contributed by atoms with E-state index < -0.39 is 45.9 Å². The molecule has 42 heavy (non-hydrogen) atoms. The number of halogens is 3. The van der Waals surface area contributed by atoms with Gasteiger partial charge in [0.15, 0.2) is 11.5 Å². The van der Waals surface area contributed by atoms with Crippen LogP contribution in [-0.2, 0) is 21.0 Å². The molecule has 0 aliphatic carbocycles. The minimum atomic E-state index is -4.74. The number of rotatable bonds is 9. The first-order valence-electron chi connectivity index (χ1n) is 12.8. The van der Waals surface area contributed by atoms with E-state index in [4.69, 9.17) is 18.9 Å². The smallest absolute Gasteiger partial charge is 0.416 e. The fourth-order valence-corrected chi connectivity index (χ4v) is 6.14. The van der Waals surface area contributed by atoms with Crippen LogP contribution in [-0.4, -0.2) is 47.8 Å². The lowest BCUT2D eigenvalue weighted by Gasteiger charge is -2.38. The topological polar surface area (TPSA) is 103 Å². The van der Waals surface area contributed by atoms with Gasteiger partial charge in [-0.3, -0.25) is 9.10 Å². The molecule has 3 aromatic rings. The number of amides is 1. The van der Waals surface area contributed by atoms with Gasteiger partial charge < -0.3 is 24.3 Å². The van der Waals surface area contributed by atoms with Crippen LogP contribution < -0.4 is 28.6 Å². The molecule has 0 fully saturated rings. The summed E-state index contributed by atoms with van der Waals surface area (Å²) in [5.74, 6) is 0.633. The highest BCUT2D eigenvalue weighted by molar-refractivity contribution is 7.92. The van der Waals surface area contributed by atoms with Crippen LogP contribution in [0.2, 0.25) is 0 Å². The third kappa shape index (κ3) is 6.51. The monoisotopic (exact) mass is 608 g/mol. The zero-order valence-electron chi connectivity index (χ0n) is 23.6. The summed E-state index contributed by atoms with van der Waals surface area (Å²) in [5.41, 5.74) is -1.47. The van der Waals surface area contributed by atoms with E-state index >= 15 is 0 Å². The van der Waals surface area contributed by atoms with Gasteiger partial charge in [0.25, 0.3) is 10.0 Å². The van der Waals surface area contributed by atoms with Crippen LogP contribution in [0.25, 0.3) is 0 Å². The standard InChI is InChI=1S/C29H31F3N2O7S/c1-28(2)16-23(22-14-20(38-3)9-11-24(22)41-28)33-27(35)17-34(19-8-6-7-18(13-19)29(30,31)32)42(36,37)21-10-12-25(39-4)26(15-21)40-5/h6-15,23H,16-17H2,1-5H3,(H,33,35). The number of methoxy groups -OCH3 is 3. The first kappa shape index (κ1) is 30.8. The Morgan fingerprint density at radius 1 is 1.00 bits per heavy atom. The van der Waals surface area contributed by atoms with Gasteiger partial charge in [-0.1, -0.05) is 6.07 Å². The van der Waals surface area contributed by atoms with Crippen molar-refractivity contribution in [3.8, 4) is 23.0 Å². The molecule has 13 heteroatoms. The number of fused-ring (bicyclic) bond motifs is 1. The lowest BCUT2D eigenvalue weighted by Crippen LogP contribution is -2.45. The van der Waals surface area contributed by atoms with Crippen molar-refractivity contribution in [3.05, 3.63) is 71.8 Å². The summed E-state index contributed by atoms with van der Waals surface area (Å²) in [6, 6.07) is 12.1. The molecule has 1 aliphatic rings. The van der Waals surface area contributed by atoms with Gasteiger partial charge in [-0.2, -0.15) is 13.2 Å². The number of carbonyl (C=O) groups excluding carboxylic acids is 1. The van der Waals surface area contributed by atoms with Crippen molar-refractivity contribution in [2.24, 2.45) is 0 Å². The van der Waals surface area contributed by atoms with Crippen LogP contribution in [0.15, 0.2) is 65.6 Å². The quantitative estimate of drug-likeness (QED) is 0.350. The number of carbonyl (C=O) groups is 1. The zero-order chi connectivity index (χ0) is 30.9. The summed E-state index contributed by atoms with van der Waals surface area (Å²) >= 11 is 0. The van der Waals surface area contributed by atoms with Gasteiger partial charge >= 0.3 is 6.18 Å². The number of benzene rings is 3. The zero-order valence-corrected chi connectivity index (χ0v) is 24.4. The Morgan fingerprint density at radius 3 is 2.36 bits per heavy atom. The minimum Gasteiger partial charge on any atom is -0.497 e. The van der Waals surface area contributed by atoms with Crippen LogP contribution in [0.5, 0.6) is 23.0 Å². The molecule has 1 unspecified atom stereocenters. The molecule has 0 saturated carbocycles. The van der Waals surface area contributed by atoms with Crippen LogP contribution in [0.4, 0.5) is 18.9 Å². The van der Waals surface area contributed by atoms with E-state index in [0.29, 0.717) is 33.9 Å². The second-order valence-electron chi connectivity index (χ2n) is 10.2. The molecule has 0 radical (unpaired) electrons. The number of anilines is 1. The summed E-state index contributed by atoms with van der Waals surface area (Å²) in [6.07, 6.45) is -4.40. The van der Waals surface area contributed by atoms with Crippen LogP contribution in [0.3, 0.4) is 0 Å². The number of alkyl halides is 3. The molecule has 0 spiro atoms. The Bertz CT molecular complexity index is 1580. The van der Waals surface area contributed by atoms with Crippen molar-refractivity contribution in [2.75, 3.05) is 32.2 Å². The first-order valence-corrected chi connectivity index (χ1v) is 14.2. The average molecular weight is 609 g/mol. The molecule has 1 amide bonds. The summed E-state index contributed by atoms with van der Waals surface area (Å²) in [7, 11) is -0.398. The molecule has 0 saturated heterocycles. The van der Waals surface area contributed by atoms with Crippen molar-refractivity contribution in [2.45, 2.75) is 43.0 Å². The molecule has 1 N–H and O–H groups in total. The summed E-state index contributed by atoms with van der Waals surface area (Å²) in [4.78, 5) is 13.2. The van der Waals surface area contributed by atoms with Crippen molar-refractivity contribution in [1.82, 2.24) is 5.32 Å². The Morgan fingerprint density at radius 2 is 1.71 bits per heavy atom. The molecule has 1 heterocycles. The summed E-state index contributed by atoms with van der Waals surface area (Å²) in [6.45, 7) is 2.88. The summed E-state index contributed by atoms with van der Waals surface area (Å²) in [5, 5.41) is 2.84. The van der Waals surface area contributed by atoms with Gasteiger partial charge in [0, 0.05) is 18.1 Å². The average Bonchev–Trinajstić information content (AvgIpc) is 2.94. The van der Waals surface area contributed by atoms with Crippen LogP contribution >= 0.6 is 0 Å². The third-order valence-corrected chi connectivity index (χ3v) is 8.47. The molecule has 9 nitrogen and oxygen atoms in total. The van der Waals surface area contributed by atoms with Crippen molar-refractivity contribution < 1.29 is 45.3 Å². The van der Waals surface area contributed by atoms with Gasteiger partial charge in [-0.05, 0) is 62.4 Å². The second kappa shape index (κ2) is 11.6. The van der Waals surface area contributed by atoms with Crippen molar-refractivity contribution >= 4 is 21.6 Å². The third-order valence-electron chi connectivity index (χ3n) is 6.70. The Kier molecular flexibility index (Phi) is 8.53. The highest BCUT2D eigenvalue weighted by Gasteiger charge is 2.37. The molecule has 4 rings (SSSR count). The maximum Gasteiger partial charge on any atom is 0.416 e. The predicted molar refractivity (Wildman–Crippen MR) is 149 cm³/mol. The van der Waals surface area contributed by atoms with E-state index in [0.717, 1.165) is 12.1 Å². The molecular weight excluding hydrogens is 577 g/mol. The molecule has 226 valence electrons. The maximum atomic E-state index is 13.9. The number of hydrogen-bond acceptors (Lipinski definition) is 7. The normalized spacial score (nSPS) is 16.0. The Hall–Kier alpha value is -4.13. The molecule has 0 aromatic heterocycles. The van der Waals surface area contributed by atoms with Crippen LogP contribution in [0, 0.1) is 0 Å². The van der Waals surface area contributed by atoms with Gasteiger partial charge in [0.1, 0.15) is 23.6 Å². The fraction of sp³-hybridized carbons (Fsp3) is 0.345. The lowest BCUT2D eigenvalue weighted by atomic mass is 9.89. The number of hydrogen-bond donors (Lipinski definition) is 1. The number of ether oxygens (including phenoxy) is 4. The van der Waals surface area contributed by atoms with Crippen molar-refractivity contribution in [3.63, 3.8) is 0 Å². The predicted octanol–water partition coefficient (Wildman–Crippen LogP) is 5.35. The molecule has 1 aliphatic heterocycles. The van der Waals surface area contributed by atoms with E-state index in [1.165, 1.54) is 45.6 Å². The van der Waals surface area contributed by atoms with Gasteiger partial charge in [0.05, 0.1) is 43.5 Å². The lowest BCUT2D eigenvalue weighted by molar-refractivity contribution is -0.137.